The van der Waals surface area contributed by atoms with Crippen molar-refractivity contribution in [3.63, 3.8) is 0 Å². The van der Waals surface area contributed by atoms with E-state index in [0.29, 0.717) is 28.9 Å². The average Bonchev–Trinajstić information content (AvgIpc) is 3.57. The summed E-state index contributed by atoms with van der Waals surface area (Å²) in [6, 6.07) is 5.60. The maximum absolute atomic E-state index is 12.6. The Balaban J connectivity index is 0.000000423. The van der Waals surface area contributed by atoms with Crippen molar-refractivity contribution >= 4 is 11.9 Å². The molecule has 1 amide bonds. The van der Waals surface area contributed by atoms with Crippen molar-refractivity contribution in [2.45, 2.75) is 44.8 Å². The minimum Gasteiger partial charge on any atom is -0.497 e. The molecule has 2 fully saturated rings. The third-order valence-electron chi connectivity index (χ3n) is 5.25. The highest BCUT2D eigenvalue weighted by Crippen LogP contribution is 2.31. The second-order valence-electron chi connectivity index (χ2n) is 7.80. The molecule has 1 atom stereocenters. The van der Waals surface area contributed by atoms with Crippen molar-refractivity contribution in [1.82, 2.24) is 10.6 Å². The number of hydrogen-bond donors (Lipinski definition) is 3. The Kier molecular flexibility index (Phi) is 8.97. The first-order chi connectivity index (χ1) is 14.6. The van der Waals surface area contributed by atoms with Crippen LogP contribution in [0.15, 0.2) is 18.2 Å². The summed E-state index contributed by atoms with van der Waals surface area (Å²) in [4.78, 5) is 21.5. The number of amides is 1. The predicted molar refractivity (Wildman–Crippen MR) is 107 cm³/mol. The van der Waals surface area contributed by atoms with E-state index in [1.807, 2.05) is 12.1 Å². The van der Waals surface area contributed by atoms with Crippen LogP contribution in [0.3, 0.4) is 0 Å². The molecule has 1 saturated heterocycles. The molecule has 3 rings (SSSR count). The number of rotatable bonds is 7. The van der Waals surface area contributed by atoms with Gasteiger partial charge in [-0.1, -0.05) is 0 Å². The zero-order chi connectivity index (χ0) is 23.0. The topological polar surface area (TPSA) is 96.9 Å². The lowest BCUT2D eigenvalue weighted by molar-refractivity contribution is -0.192. The minimum absolute atomic E-state index is 0.0591. The van der Waals surface area contributed by atoms with Gasteiger partial charge in [-0.15, -0.1) is 0 Å². The lowest BCUT2D eigenvalue weighted by atomic mass is 9.91. The number of carboxylic acids is 1. The van der Waals surface area contributed by atoms with Gasteiger partial charge in [0.05, 0.1) is 13.7 Å². The van der Waals surface area contributed by atoms with E-state index in [0.717, 1.165) is 32.5 Å². The summed E-state index contributed by atoms with van der Waals surface area (Å²) >= 11 is 0. The number of hydrogen-bond acceptors (Lipinski definition) is 5. The van der Waals surface area contributed by atoms with E-state index in [-0.39, 0.29) is 11.9 Å². The number of piperidine rings is 1. The van der Waals surface area contributed by atoms with Gasteiger partial charge in [0.15, 0.2) is 0 Å². The molecule has 10 heteroatoms. The van der Waals surface area contributed by atoms with Crippen molar-refractivity contribution in [3.8, 4) is 11.5 Å². The highest BCUT2D eigenvalue weighted by molar-refractivity contribution is 5.95. The molecule has 1 aromatic rings. The largest absolute Gasteiger partial charge is 0.497 e. The van der Waals surface area contributed by atoms with E-state index in [1.165, 1.54) is 12.8 Å². The SMILES string of the molecule is COc1cc(OCC2CC2)cc(C(=O)NC(C)C2CCNCC2)c1.O=C(O)C(F)(F)F. The van der Waals surface area contributed by atoms with E-state index in [9.17, 15) is 18.0 Å². The zero-order valence-electron chi connectivity index (χ0n) is 17.6. The summed E-state index contributed by atoms with van der Waals surface area (Å²) in [5.41, 5.74) is 0.598. The van der Waals surface area contributed by atoms with Crippen molar-refractivity contribution in [3.05, 3.63) is 23.8 Å². The van der Waals surface area contributed by atoms with Crippen LogP contribution < -0.4 is 20.1 Å². The Morgan fingerprint density at radius 1 is 1.16 bits per heavy atom. The van der Waals surface area contributed by atoms with Crippen LogP contribution in [-0.4, -0.2) is 56.0 Å². The van der Waals surface area contributed by atoms with Gasteiger partial charge < -0.3 is 25.2 Å². The fourth-order valence-electron chi connectivity index (χ4n) is 3.15. The number of methoxy groups -OCH3 is 1. The minimum atomic E-state index is -5.08. The molecule has 174 valence electrons. The highest BCUT2D eigenvalue weighted by Gasteiger charge is 2.38. The molecule has 0 aromatic heterocycles. The van der Waals surface area contributed by atoms with Gasteiger partial charge in [-0.05, 0) is 69.7 Å². The number of aliphatic carboxylic acids is 1. The van der Waals surface area contributed by atoms with Crippen LogP contribution in [0.1, 0.15) is 43.0 Å². The molecule has 3 N–H and O–H groups in total. The van der Waals surface area contributed by atoms with E-state index in [2.05, 4.69) is 17.6 Å². The summed E-state index contributed by atoms with van der Waals surface area (Å²) in [6.45, 7) is 4.88. The Morgan fingerprint density at radius 3 is 2.26 bits per heavy atom. The zero-order valence-corrected chi connectivity index (χ0v) is 17.6. The number of halogens is 3. The Bertz CT molecular complexity index is 747. The van der Waals surface area contributed by atoms with Gasteiger partial charge in [-0.2, -0.15) is 13.2 Å². The molecular weight excluding hydrogens is 417 g/mol. The van der Waals surface area contributed by atoms with Gasteiger partial charge in [-0.3, -0.25) is 4.79 Å². The van der Waals surface area contributed by atoms with Crippen molar-refractivity contribution < 1.29 is 37.3 Å². The Labute approximate surface area is 179 Å². The molecule has 0 spiro atoms. The smallest absolute Gasteiger partial charge is 0.490 e. The van der Waals surface area contributed by atoms with Crippen LogP contribution in [0.4, 0.5) is 13.2 Å². The molecule has 1 saturated carbocycles. The molecule has 1 unspecified atom stereocenters. The van der Waals surface area contributed by atoms with Crippen molar-refractivity contribution in [1.29, 1.82) is 0 Å². The first-order valence-corrected chi connectivity index (χ1v) is 10.2. The van der Waals surface area contributed by atoms with Gasteiger partial charge in [0.1, 0.15) is 11.5 Å². The molecule has 1 heterocycles. The molecule has 1 aliphatic carbocycles. The standard InChI is InChI=1S/C19H28N2O3.C2HF3O2/c1-13(15-5-7-20-8-6-15)21-19(22)16-9-17(23-2)11-18(10-16)24-12-14-3-4-14;3-2(4,5)1(6)7/h9-11,13-15,20H,3-8,12H2,1-2H3,(H,21,22);(H,6,7). The van der Waals surface area contributed by atoms with Gasteiger partial charge >= 0.3 is 12.1 Å². The Hall–Kier alpha value is -2.49. The molecule has 0 radical (unpaired) electrons. The molecule has 1 aromatic carbocycles. The second kappa shape index (κ2) is 11.2. The predicted octanol–water partition coefficient (Wildman–Crippen LogP) is 3.24. The molecule has 1 aliphatic heterocycles. The molecule has 31 heavy (non-hydrogen) atoms. The monoisotopic (exact) mass is 446 g/mol. The van der Waals surface area contributed by atoms with Gasteiger partial charge in [0.2, 0.25) is 0 Å². The third-order valence-corrected chi connectivity index (χ3v) is 5.25. The van der Waals surface area contributed by atoms with Crippen LogP contribution in [-0.2, 0) is 4.79 Å². The van der Waals surface area contributed by atoms with Gasteiger partial charge in [0.25, 0.3) is 5.91 Å². The molecule has 7 nitrogen and oxygen atoms in total. The fraction of sp³-hybridized carbons (Fsp3) is 0.619. The maximum Gasteiger partial charge on any atom is 0.490 e. The number of carboxylic acid groups (broad SMARTS) is 1. The average molecular weight is 446 g/mol. The molecular formula is C21H29F3N2O5. The van der Waals surface area contributed by atoms with Crippen LogP contribution in [0, 0.1) is 11.8 Å². The van der Waals surface area contributed by atoms with Crippen molar-refractivity contribution in [2.75, 3.05) is 26.8 Å². The lowest BCUT2D eigenvalue weighted by Crippen LogP contribution is -2.42. The third kappa shape index (κ3) is 8.64. The van der Waals surface area contributed by atoms with Crippen molar-refractivity contribution in [2.24, 2.45) is 11.8 Å². The van der Waals surface area contributed by atoms with Crippen LogP contribution >= 0.6 is 0 Å². The summed E-state index contributed by atoms with van der Waals surface area (Å²) < 4.78 is 42.9. The van der Waals surface area contributed by atoms with E-state index in [1.54, 1.807) is 13.2 Å². The number of alkyl halides is 3. The first kappa shape index (κ1) is 24.8. The number of ether oxygens (including phenoxy) is 2. The van der Waals surface area contributed by atoms with E-state index < -0.39 is 12.1 Å². The van der Waals surface area contributed by atoms with E-state index >= 15 is 0 Å². The van der Waals surface area contributed by atoms with E-state index in [4.69, 9.17) is 19.4 Å². The van der Waals surface area contributed by atoms with Gasteiger partial charge in [-0.25, -0.2) is 4.79 Å². The maximum atomic E-state index is 12.6. The summed E-state index contributed by atoms with van der Waals surface area (Å²) in [5, 5.41) is 13.6. The number of nitrogens with one attached hydrogen (secondary N) is 2. The summed E-state index contributed by atoms with van der Waals surface area (Å²) in [5.74, 6) is -0.243. The van der Waals surface area contributed by atoms with Gasteiger partial charge in [0, 0.05) is 17.7 Å². The van der Waals surface area contributed by atoms with Crippen LogP contribution in [0.2, 0.25) is 0 Å². The fourth-order valence-corrected chi connectivity index (χ4v) is 3.15. The van der Waals surface area contributed by atoms with Crippen LogP contribution in [0.25, 0.3) is 0 Å². The summed E-state index contributed by atoms with van der Waals surface area (Å²) in [6.07, 6.45) is -0.388. The number of benzene rings is 1. The Morgan fingerprint density at radius 2 is 1.74 bits per heavy atom. The summed E-state index contributed by atoms with van der Waals surface area (Å²) in [7, 11) is 1.61. The number of carbonyl (C=O) groups excluding carboxylic acids is 1. The normalized spacial score (nSPS) is 17.7. The quantitative estimate of drug-likeness (QED) is 0.595. The van der Waals surface area contributed by atoms with Crippen LogP contribution in [0.5, 0.6) is 11.5 Å². The number of carbonyl (C=O) groups is 2. The lowest BCUT2D eigenvalue weighted by Gasteiger charge is -2.28. The second-order valence-corrected chi connectivity index (χ2v) is 7.80. The first-order valence-electron chi connectivity index (χ1n) is 10.2. The highest BCUT2D eigenvalue weighted by atomic mass is 19.4. The molecule has 0 bridgehead atoms. The molecule has 2 aliphatic rings.